The van der Waals surface area contributed by atoms with Gasteiger partial charge in [-0.3, -0.25) is 9.59 Å². The van der Waals surface area contributed by atoms with Crippen molar-refractivity contribution < 1.29 is 19.1 Å². The highest BCUT2D eigenvalue weighted by Crippen LogP contribution is 2.50. The molecular formula is C17H22ClNO4. The first-order chi connectivity index (χ1) is 11.1. The zero-order chi connectivity index (χ0) is 16.8. The molecular weight excluding hydrogens is 318 g/mol. The summed E-state index contributed by atoms with van der Waals surface area (Å²) in [5.41, 5.74) is 1.02. The highest BCUT2D eigenvalue weighted by atomic mass is 35.5. The molecule has 0 saturated heterocycles. The van der Waals surface area contributed by atoms with E-state index in [0.29, 0.717) is 24.7 Å². The second kappa shape index (κ2) is 8.31. The zero-order valence-electron chi connectivity index (χ0n) is 13.5. The number of methoxy groups -OCH3 is 2. The first-order valence-electron chi connectivity index (χ1n) is 7.67. The number of nitrogens with zero attached hydrogens (tertiary/aromatic N) is 1. The van der Waals surface area contributed by atoms with Crippen molar-refractivity contribution in [2.45, 2.75) is 18.8 Å². The van der Waals surface area contributed by atoms with Crippen LogP contribution in [0.3, 0.4) is 0 Å². The molecule has 0 radical (unpaired) electrons. The first kappa shape index (κ1) is 17.8. The van der Waals surface area contributed by atoms with Gasteiger partial charge in [0.15, 0.2) is 0 Å². The molecule has 1 aromatic carbocycles. The zero-order valence-corrected chi connectivity index (χ0v) is 14.2. The molecule has 0 heterocycles. The number of amides is 1. The van der Waals surface area contributed by atoms with Crippen LogP contribution in [0.1, 0.15) is 24.3 Å². The van der Waals surface area contributed by atoms with Gasteiger partial charge in [-0.25, -0.2) is 0 Å². The Kier molecular flexibility index (Phi) is 6.42. The number of rotatable bonds is 8. The number of hydrogen-bond acceptors (Lipinski definition) is 4. The Bertz CT molecular complexity index is 563. The Morgan fingerprint density at radius 2 is 2.00 bits per heavy atom. The van der Waals surface area contributed by atoms with Gasteiger partial charge in [0.05, 0.1) is 20.1 Å². The molecule has 2 atom stereocenters. The van der Waals surface area contributed by atoms with Crippen LogP contribution in [-0.4, -0.2) is 50.7 Å². The van der Waals surface area contributed by atoms with Crippen molar-refractivity contribution in [2.75, 3.05) is 33.9 Å². The van der Waals surface area contributed by atoms with Gasteiger partial charge in [-0.05, 0) is 24.0 Å². The fourth-order valence-corrected chi connectivity index (χ4v) is 2.96. The minimum atomic E-state index is -0.321. The predicted molar refractivity (Wildman–Crippen MR) is 87.4 cm³/mol. The van der Waals surface area contributed by atoms with E-state index in [0.717, 1.165) is 12.0 Å². The number of ether oxygens (including phenoxy) is 2. The summed E-state index contributed by atoms with van der Waals surface area (Å²) >= 11 is 6.21. The number of carbonyl (C=O) groups is 2. The van der Waals surface area contributed by atoms with Gasteiger partial charge in [0.25, 0.3) is 0 Å². The summed E-state index contributed by atoms with van der Waals surface area (Å²) in [6, 6.07) is 7.62. The second-order valence-electron chi connectivity index (χ2n) is 5.61. The summed E-state index contributed by atoms with van der Waals surface area (Å²) in [6.45, 7) is 1.26. The van der Waals surface area contributed by atoms with Gasteiger partial charge >= 0.3 is 5.97 Å². The molecule has 1 amide bonds. The number of carbonyl (C=O) groups excluding carboxylic acids is 2. The third-order valence-electron chi connectivity index (χ3n) is 4.10. The molecule has 0 N–H and O–H groups in total. The van der Waals surface area contributed by atoms with E-state index < -0.39 is 0 Å². The van der Waals surface area contributed by atoms with Crippen LogP contribution < -0.4 is 0 Å². The Balaban J connectivity index is 1.98. The van der Waals surface area contributed by atoms with Gasteiger partial charge in [0, 0.05) is 31.1 Å². The molecule has 1 fully saturated rings. The van der Waals surface area contributed by atoms with E-state index in [1.165, 1.54) is 7.11 Å². The predicted octanol–water partition coefficient (Wildman–Crippen LogP) is 2.48. The number of benzene rings is 1. The van der Waals surface area contributed by atoms with Crippen molar-refractivity contribution in [1.82, 2.24) is 4.90 Å². The fourth-order valence-electron chi connectivity index (χ4n) is 2.68. The molecule has 1 aliphatic rings. The van der Waals surface area contributed by atoms with E-state index in [4.69, 9.17) is 16.3 Å². The molecule has 1 saturated carbocycles. The Labute approximate surface area is 141 Å². The molecule has 0 aromatic heterocycles. The molecule has 0 aliphatic heterocycles. The molecule has 2 rings (SSSR count). The van der Waals surface area contributed by atoms with Crippen LogP contribution >= 0.6 is 11.6 Å². The minimum absolute atomic E-state index is 0.0517. The van der Waals surface area contributed by atoms with Gasteiger partial charge in [-0.15, -0.1) is 0 Å². The van der Waals surface area contributed by atoms with Gasteiger partial charge in [-0.2, -0.15) is 0 Å². The van der Waals surface area contributed by atoms with E-state index in [2.05, 4.69) is 4.74 Å². The van der Waals surface area contributed by atoms with Crippen molar-refractivity contribution in [3.8, 4) is 0 Å². The van der Waals surface area contributed by atoms with E-state index in [-0.39, 0.29) is 30.1 Å². The average molecular weight is 340 g/mol. The molecule has 23 heavy (non-hydrogen) atoms. The molecule has 0 spiro atoms. The Hall–Kier alpha value is -1.59. The summed E-state index contributed by atoms with van der Waals surface area (Å²) < 4.78 is 9.70. The largest absolute Gasteiger partial charge is 0.469 e. The molecule has 0 bridgehead atoms. The Morgan fingerprint density at radius 3 is 2.65 bits per heavy atom. The van der Waals surface area contributed by atoms with E-state index in [1.54, 1.807) is 12.0 Å². The van der Waals surface area contributed by atoms with Gasteiger partial charge in [0.1, 0.15) is 0 Å². The maximum atomic E-state index is 12.7. The van der Waals surface area contributed by atoms with Crippen molar-refractivity contribution in [1.29, 1.82) is 0 Å². The van der Waals surface area contributed by atoms with Gasteiger partial charge < -0.3 is 14.4 Å². The van der Waals surface area contributed by atoms with Gasteiger partial charge in [0.2, 0.25) is 5.91 Å². The minimum Gasteiger partial charge on any atom is -0.469 e. The van der Waals surface area contributed by atoms with E-state index in [1.807, 2.05) is 24.3 Å². The standard InChI is InChI=1S/C17H22ClNO4/c1-22-10-9-19(8-7-16(20)23-2)17(21)14-11-13(14)12-5-3-4-6-15(12)18/h3-6,13-14H,7-11H2,1-2H3. The van der Waals surface area contributed by atoms with E-state index >= 15 is 0 Å². The normalized spacial score (nSPS) is 19.3. The van der Waals surface area contributed by atoms with Crippen molar-refractivity contribution in [3.05, 3.63) is 34.9 Å². The molecule has 5 nitrogen and oxygen atoms in total. The summed E-state index contributed by atoms with van der Waals surface area (Å²) in [6.07, 6.45) is 0.986. The lowest BCUT2D eigenvalue weighted by Crippen LogP contribution is -2.37. The van der Waals surface area contributed by atoms with Crippen LogP contribution in [0.25, 0.3) is 0 Å². The monoisotopic (exact) mass is 339 g/mol. The highest BCUT2D eigenvalue weighted by Gasteiger charge is 2.46. The Morgan fingerprint density at radius 1 is 1.26 bits per heavy atom. The van der Waals surface area contributed by atoms with Gasteiger partial charge in [-0.1, -0.05) is 29.8 Å². The second-order valence-corrected chi connectivity index (χ2v) is 6.02. The van der Waals surface area contributed by atoms with Crippen LogP contribution in [0.2, 0.25) is 5.02 Å². The number of hydrogen-bond donors (Lipinski definition) is 0. The third kappa shape index (κ3) is 4.69. The van der Waals surface area contributed by atoms with Crippen LogP contribution in [0.4, 0.5) is 0 Å². The van der Waals surface area contributed by atoms with Crippen LogP contribution in [0, 0.1) is 5.92 Å². The average Bonchev–Trinajstić information content (AvgIpc) is 3.35. The summed E-state index contributed by atoms with van der Waals surface area (Å²) in [5.74, 6) is -0.168. The topological polar surface area (TPSA) is 55.8 Å². The lowest BCUT2D eigenvalue weighted by atomic mass is 10.1. The summed E-state index contributed by atoms with van der Waals surface area (Å²) in [4.78, 5) is 25.7. The molecule has 126 valence electrons. The molecule has 2 unspecified atom stereocenters. The van der Waals surface area contributed by atoms with Crippen molar-refractivity contribution in [3.63, 3.8) is 0 Å². The van der Waals surface area contributed by atoms with Crippen LogP contribution in [0.15, 0.2) is 24.3 Å². The summed E-state index contributed by atoms with van der Waals surface area (Å²) in [5, 5.41) is 0.700. The van der Waals surface area contributed by atoms with Crippen LogP contribution in [-0.2, 0) is 19.1 Å². The lowest BCUT2D eigenvalue weighted by Gasteiger charge is -2.22. The molecule has 1 aromatic rings. The quantitative estimate of drug-likeness (QED) is 0.683. The fraction of sp³-hybridized carbons (Fsp3) is 0.529. The van der Waals surface area contributed by atoms with Crippen molar-refractivity contribution in [2.24, 2.45) is 5.92 Å². The highest BCUT2D eigenvalue weighted by molar-refractivity contribution is 6.31. The van der Waals surface area contributed by atoms with E-state index in [9.17, 15) is 9.59 Å². The first-order valence-corrected chi connectivity index (χ1v) is 8.05. The SMILES string of the molecule is COCCN(CCC(=O)OC)C(=O)C1CC1c1ccccc1Cl. The third-order valence-corrected chi connectivity index (χ3v) is 4.45. The maximum absolute atomic E-state index is 12.7. The summed E-state index contributed by atoms with van der Waals surface area (Å²) in [7, 11) is 2.94. The maximum Gasteiger partial charge on any atom is 0.307 e. The number of halogens is 1. The lowest BCUT2D eigenvalue weighted by molar-refractivity contribution is -0.142. The smallest absolute Gasteiger partial charge is 0.307 e. The van der Waals surface area contributed by atoms with Crippen molar-refractivity contribution >= 4 is 23.5 Å². The number of esters is 1. The molecule has 6 heteroatoms. The molecule has 1 aliphatic carbocycles. The van der Waals surface area contributed by atoms with Crippen LogP contribution in [0.5, 0.6) is 0 Å².